The molecule has 3 heterocycles. The van der Waals surface area contributed by atoms with Crippen molar-refractivity contribution >= 4 is 40.6 Å². The van der Waals surface area contributed by atoms with Gasteiger partial charge >= 0.3 is 0 Å². The fourth-order valence-corrected chi connectivity index (χ4v) is 3.12. The number of hydrogen-bond donors (Lipinski definition) is 2. The quantitative estimate of drug-likeness (QED) is 0.644. The normalized spacial score (nSPS) is 15.0. The van der Waals surface area contributed by atoms with E-state index in [1.807, 2.05) is 0 Å². The highest BCUT2D eigenvalue weighted by Crippen LogP contribution is 2.41. The smallest absolute Gasteiger partial charge is 0.276 e. The molecule has 1 aromatic carbocycles. The van der Waals surface area contributed by atoms with Gasteiger partial charge in [0.1, 0.15) is 5.82 Å². The Balaban J connectivity index is 1.57. The van der Waals surface area contributed by atoms with E-state index < -0.39 is 18.0 Å². The number of ether oxygens (including phenoxy) is 1. The minimum Gasteiger partial charge on any atom is -0.462 e. The van der Waals surface area contributed by atoms with E-state index in [0.717, 1.165) is 6.07 Å². The van der Waals surface area contributed by atoms with E-state index in [-0.39, 0.29) is 32.9 Å². The van der Waals surface area contributed by atoms with Crippen molar-refractivity contribution < 1.29 is 13.9 Å². The highest BCUT2D eigenvalue weighted by Gasteiger charge is 2.31. The van der Waals surface area contributed by atoms with Crippen LogP contribution in [0.5, 0.6) is 5.75 Å². The summed E-state index contributed by atoms with van der Waals surface area (Å²) in [5.74, 6) is -0.552. The second kappa shape index (κ2) is 6.67. The topological polar surface area (TPSA) is 94.0 Å². The fourth-order valence-electron chi connectivity index (χ4n) is 2.55. The number of carbonyl (C=O) groups excluding carboxylic acids is 1. The summed E-state index contributed by atoms with van der Waals surface area (Å²) in [4.78, 5) is 12.3. The van der Waals surface area contributed by atoms with Crippen LogP contribution in [0.4, 0.5) is 15.9 Å². The molecule has 0 bridgehead atoms. The molecular weight excluding hydrogens is 398 g/mol. The van der Waals surface area contributed by atoms with Crippen LogP contribution in [0.1, 0.15) is 22.3 Å². The number of hydrogen-bond acceptors (Lipinski definition) is 6. The van der Waals surface area contributed by atoms with Crippen LogP contribution in [0.15, 0.2) is 30.6 Å². The molecule has 1 aliphatic rings. The van der Waals surface area contributed by atoms with Gasteiger partial charge in [-0.15, -0.1) is 10.2 Å². The van der Waals surface area contributed by atoms with Crippen LogP contribution in [-0.2, 0) is 7.05 Å². The van der Waals surface area contributed by atoms with Crippen molar-refractivity contribution in [3.8, 4) is 5.75 Å². The second-order valence-corrected chi connectivity index (χ2v) is 6.48. The Morgan fingerprint density at radius 1 is 1.37 bits per heavy atom. The van der Waals surface area contributed by atoms with Gasteiger partial charge in [-0.1, -0.05) is 23.2 Å². The minimum atomic E-state index is -0.860. The number of nitrogens with zero attached hydrogens (tertiary/aromatic N) is 4. The summed E-state index contributed by atoms with van der Waals surface area (Å²) in [6.07, 6.45) is 2.28. The maximum absolute atomic E-state index is 13.8. The highest BCUT2D eigenvalue weighted by molar-refractivity contribution is 6.36. The third kappa shape index (κ3) is 3.26. The summed E-state index contributed by atoms with van der Waals surface area (Å²) in [5.41, 5.74) is 0.786. The molecule has 2 N–H and O–H groups in total. The molecule has 0 aliphatic carbocycles. The first-order valence-corrected chi connectivity index (χ1v) is 8.42. The maximum atomic E-state index is 13.8. The van der Waals surface area contributed by atoms with E-state index in [1.165, 1.54) is 18.3 Å². The number of aryl methyl sites for hydroxylation is 1. The number of halogens is 3. The van der Waals surface area contributed by atoms with Crippen LogP contribution in [0.3, 0.4) is 0 Å². The van der Waals surface area contributed by atoms with Crippen LogP contribution < -0.4 is 15.4 Å². The fraction of sp³-hybridized carbons (Fsp3) is 0.125. The van der Waals surface area contributed by atoms with Crippen molar-refractivity contribution in [1.29, 1.82) is 0 Å². The van der Waals surface area contributed by atoms with E-state index in [2.05, 4.69) is 25.9 Å². The van der Waals surface area contributed by atoms with Crippen LogP contribution in [0, 0.1) is 5.82 Å². The summed E-state index contributed by atoms with van der Waals surface area (Å²) >= 11 is 12.1. The summed E-state index contributed by atoms with van der Waals surface area (Å²) in [6.45, 7) is 0. The SMILES string of the molecule is Cn1cc(NC(=O)c2cc3c(nn2)NC(c2c(Cl)ccc(F)c2Cl)O3)cn1. The number of rotatable bonds is 3. The molecule has 0 saturated carbocycles. The van der Waals surface area contributed by atoms with Crippen molar-refractivity contribution in [2.24, 2.45) is 7.05 Å². The Hall–Kier alpha value is -2.91. The van der Waals surface area contributed by atoms with E-state index >= 15 is 0 Å². The summed E-state index contributed by atoms with van der Waals surface area (Å²) in [7, 11) is 1.73. The lowest BCUT2D eigenvalue weighted by Crippen LogP contribution is -2.14. The third-order valence-corrected chi connectivity index (χ3v) is 4.52. The minimum absolute atomic E-state index is 0.0384. The Kier molecular flexibility index (Phi) is 4.33. The van der Waals surface area contributed by atoms with Gasteiger partial charge in [-0.3, -0.25) is 9.48 Å². The molecule has 0 spiro atoms. The molecule has 0 radical (unpaired) electrons. The molecule has 138 valence electrons. The summed E-state index contributed by atoms with van der Waals surface area (Å²) < 4.78 is 21.0. The first kappa shape index (κ1) is 17.5. The van der Waals surface area contributed by atoms with Crippen LogP contribution in [0.25, 0.3) is 0 Å². The number of benzene rings is 1. The molecule has 1 aliphatic heterocycles. The molecule has 1 atom stereocenters. The van der Waals surface area contributed by atoms with Gasteiger partial charge < -0.3 is 15.4 Å². The van der Waals surface area contributed by atoms with Crippen LogP contribution in [0.2, 0.25) is 10.0 Å². The summed E-state index contributed by atoms with van der Waals surface area (Å²) in [5, 5.41) is 17.4. The average Bonchev–Trinajstić information content (AvgIpc) is 3.23. The Bertz CT molecular complexity index is 1060. The number of amides is 1. The average molecular weight is 409 g/mol. The zero-order valence-corrected chi connectivity index (χ0v) is 15.2. The molecule has 0 fully saturated rings. The van der Waals surface area contributed by atoms with Gasteiger partial charge in [0, 0.05) is 19.3 Å². The van der Waals surface area contributed by atoms with E-state index in [9.17, 15) is 9.18 Å². The Labute approximate surface area is 162 Å². The number of carbonyl (C=O) groups is 1. The van der Waals surface area contributed by atoms with Gasteiger partial charge in [0.2, 0.25) is 6.23 Å². The van der Waals surface area contributed by atoms with Crippen molar-refractivity contribution in [3.05, 3.63) is 57.7 Å². The lowest BCUT2D eigenvalue weighted by Gasteiger charge is -2.15. The molecule has 11 heteroatoms. The van der Waals surface area contributed by atoms with Gasteiger partial charge in [-0.25, -0.2) is 4.39 Å². The number of anilines is 2. The zero-order valence-electron chi connectivity index (χ0n) is 13.7. The molecule has 0 saturated heterocycles. The number of aromatic nitrogens is 4. The lowest BCUT2D eigenvalue weighted by molar-refractivity contribution is 0.102. The molecule has 27 heavy (non-hydrogen) atoms. The van der Waals surface area contributed by atoms with Gasteiger partial charge in [-0.05, 0) is 12.1 Å². The van der Waals surface area contributed by atoms with Gasteiger partial charge in [0.15, 0.2) is 17.3 Å². The predicted octanol–water partition coefficient (Wildman–Crippen LogP) is 3.41. The van der Waals surface area contributed by atoms with Crippen molar-refractivity contribution in [2.75, 3.05) is 10.6 Å². The van der Waals surface area contributed by atoms with E-state index in [0.29, 0.717) is 5.69 Å². The lowest BCUT2D eigenvalue weighted by atomic mass is 10.2. The number of fused-ring (bicyclic) bond motifs is 1. The Morgan fingerprint density at radius 3 is 2.93 bits per heavy atom. The number of nitrogens with one attached hydrogen (secondary N) is 2. The van der Waals surface area contributed by atoms with Crippen molar-refractivity contribution in [2.45, 2.75) is 6.23 Å². The van der Waals surface area contributed by atoms with Crippen LogP contribution >= 0.6 is 23.2 Å². The molecule has 4 rings (SSSR count). The van der Waals surface area contributed by atoms with Gasteiger partial charge in [-0.2, -0.15) is 5.10 Å². The third-order valence-electron chi connectivity index (χ3n) is 3.81. The molecule has 8 nitrogen and oxygen atoms in total. The highest BCUT2D eigenvalue weighted by atomic mass is 35.5. The van der Waals surface area contributed by atoms with Crippen molar-refractivity contribution in [1.82, 2.24) is 20.0 Å². The predicted molar refractivity (Wildman–Crippen MR) is 96.6 cm³/mol. The van der Waals surface area contributed by atoms with Crippen molar-refractivity contribution in [3.63, 3.8) is 0 Å². The molecule has 2 aromatic heterocycles. The van der Waals surface area contributed by atoms with Gasteiger partial charge in [0.25, 0.3) is 5.91 Å². The van der Waals surface area contributed by atoms with Crippen LogP contribution in [-0.4, -0.2) is 25.9 Å². The monoisotopic (exact) mass is 408 g/mol. The van der Waals surface area contributed by atoms with E-state index in [1.54, 1.807) is 17.9 Å². The summed E-state index contributed by atoms with van der Waals surface area (Å²) in [6, 6.07) is 3.96. The molecular formula is C16H11Cl2FN6O2. The van der Waals surface area contributed by atoms with E-state index in [4.69, 9.17) is 27.9 Å². The molecule has 1 amide bonds. The maximum Gasteiger partial charge on any atom is 0.276 e. The molecule has 3 aromatic rings. The Morgan fingerprint density at radius 2 is 2.19 bits per heavy atom. The second-order valence-electron chi connectivity index (χ2n) is 5.70. The first-order chi connectivity index (χ1) is 12.9. The largest absolute Gasteiger partial charge is 0.462 e. The standard InChI is InChI=1S/C16H11Cl2FN6O2/c1-25-6-7(5-20-25)21-15(26)10-4-11-14(24-23-10)22-16(27-11)12-8(17)2-3-9(19)13(12)18/h2-6,16H,1H3,(H,21,26)(H,22,24). The molecule has 1 unspecified atom stereocenters. The zero-order chi connectivity index (χ0) is 19.1. The first-order valence-electron chi connectivity index (χ1n) is 7.66. The van der Waals surface area contributed by atoms with Gasteiger partial charge in [0.05, 0.1) is 27.5 Å².